The van der Waals surface area contributed by atoms with E-state index in [1.165, 1.54) is 19.1 Å². The van der Waals surface area contributed by atoms with E-state index in [0.717, 1.165) is 5.69 Å². The fourth-order valence-electron chi connectivity index (χ4n) is 3.15. The van der Waals surface area contributed by atoms with Crippen molar-refractivity contribution >= 4 is 17.5 Å². The number of rotatable bonds is 2. The number of amides is 2. The molecular formula is C17H22FN3O3. The zero-order chi connectivity index (χ0) is 17.1. The Kier molecular flexibility index (Phi) is 4.99. The first-order valence-corrected chi connectivity index (χ1v) is 8.21. The predicted molar refractivity (Wildman–Crippen MR) is 87.2 cm³/mol. The van der Waals surface area contributed by atoms with Crippen LogP contribution >= 0.6 is 0 Å². The van der Waals surface area contributed by atoms with E-state index in [2.05, 4.69) is 4.90 Å². The first-order valence-electron chi connectivity index (χ1n) is 8.21. The van der Waals surface area contributed by atoms with E-state index in [0.29, 0.717) is 45.9 Å². The molecule has 0 N–H and O–H groups in total. The summed E-state index contributed by atoms with van der Waals surface area (Å²) in [5, 5.41) is 0. The summed E-state index contributed by atoms with van der Waals surface area (Å²) >= 11 is 0. The van der Waals surface area contributed by atoms with Crippen molar-refractivity contribution in [3.05, 3.63) is 30.1 Å². The highest BCUT2D eigenvalue weighted by Crippen LogP contribution is 2.18. The minimum absolute atomic E-state index is 0.0352. The normalized spacial score (nSPS) is 21.8. The molecule has 1 atom stereocenters. The molecular weight excluding hydrogens is 313 g/mol. The lowest BCUT2D eigenvalue weighted by atomic mass is 10.2. The van der Waals surface area contributed by atoms with E-state index >= 15 is 0 Å². The van der Waals surface area contributed by atoms with Crippen LogP contribution in [0, 0.1) is 5.82 Å². The van der Waals surface area contributed by atoms with Gasteiger partial charge in [0.2, 0.25) is 5.91 Å². The van der Waals surface area contributed by atoms with Crippen molar-refractivity contribution < 1.29 is 18.7 Å². The Hall–Kier alpha value is -2.15. The van der Waals surface area contributed by atoms with Gasteiger partial charge in [0.05, 0.1) is 13.2 Å². The Morgan fingerprint density at radius 1 is 1.12 bits per heavy atom. The number of morpholine rings is 1. The average Bonchev–Trinajstić information content (AvgIpc) is 2.61. The number of piperazine rings is 1. The quantitative estimate of drug-likeness (QED) is 0.799. The molecule has 2 heterocycles. The Morgan fingerprint density at radius 2 is 1.88 bits per heavy atom. The molecule has 1 aromatic rings. The average molecular weight is 335 g/mol. The maximum absolute atomic E-state index is 13.3. The number of hydrogen-bond donors (Lipinski definition) is 0. The van der Waals surface area contributed by atoms with Gasteiger partial charge >= 0.3 is 0 Å². The van der Waals surface area contributed by atoms with Crippen molar-refractivity contribution in [2.24, 2.45) is 0 Å². The number of nitrogens with zero attached hydrogens (tertiary/aromatic N) is 3. The van der Waals surface area contributed by atoms with Gasteiger partial charge in [-0.25, -0.2) is 4.39 Å². The van der Waals surface area contributed by atoms with Gasteiger partial charge in [-0.05, 0) is 18.2 Å². The third-order valence-electron chi connectivity index (χ3n) is 4.55. The lowest BCUT2D eigenvalue weighted by molar-refractivity contribution is -0.153. The second-order valence-electron chi connectivity index (χ2n) is 6.12. The molecule has 2 fully saturated rings. The van der Waals surface area contributed by atoms with Crippen molar-refractivity contribution in [3.63, 3.8) is 0 Å². The number of carbonyl (C=O) groups excluding carboxylic acids is 2. The maximum Gasteiger partial charge on any atom is 0.253 e. The molecule has 7 heteroatoms. The van der Waals surface area contributed by atoms with Crippen LogP contribution in [-0.2, 0) is 14.3 Å². The topological polar surface area (TPSA) is 53.1 Å². The first-order chi connectivity index (χ1) is 11.5. The van der Waals surface area contributed by atoms with E-state index in [1.54, 1.807) is 15.9 Å². The van der Waals surface area contributed by atoms with E-state index in [-0.39, 0.29) is 17.6 Å². The zero-order valence-corrected chi connectivity index (χ0v) is 13.8. The van der Waals surface area contributed by atoms with E-state index < -0.39 is 6.10 Å². The monoisotopic (exact) mass is 335 g/mol. The number of benzene rings is 1. The standard InChI is InChI=1S/C17H22FN3O3/c1-13(22)21-9-10-24-16(12-21)17(23)20-7-5-19(6-8-20)15-4-2-3-14(18)11-15/h2-4,11,16H,5-10,12H2,1H3/t16-/m0/s1. The molecule has 1 aromatic carbocycles. The SMILES string of the molecule is CC(=O)N1CCO[C@H](C(=O)N2CCN(c3cccc(F)c3)CC2)C1. The minimum Gasteiger partial charge on any atom is -0.368 e. The summed E-state index contributed by atoms with van der Waals surface area (Å²) in [6.45, 7) is 5.18. The Balaban J connectivity index is 1.56. The summed E-state index contributed by atoms with van der Waals surface area (Å²) in [5.74, 6) is -0.363. The zero-order valence-electron chi connectivity index (χ0n) is 13.8. The summed E-state index contributed by atoms with van der Waals surface area (Å²) < 4.78 is 18.9. The number of halogens is 1. The van der Waals surface area contributed by atoms with Crippen molar-refractivity contribution in [1.82, 2.24) is 9.80 Å². The number of anilines is 1. The molecule has 24 heavy (non-hydrogen) atoms. The lowest BCUT2D eigenvalue weighted by Gasteiger charge is -2.39. The van der Waals surface area contributed by atoms with Crippen LogP contribution in [0.2, 0.25) is 0 Å². The van der Waals surface area contributed by atoms with Crippen molar-refractivity contribution in [3.8, 4) is 0 Å². The molecule has 130 valence electrons. The van der Waals surface area contributed by atoms with Crippen LogP contribution in [0.15, 0.2) is 24.3 Å². The molecule has 2 aliphatic rings. The second kappa shape index (κ2) is 7.17. The number of ether oxygens (including phenoxy) is 1. The van der Waals surface area contributed by atoms with Crippen LogP contribution in [0.4, 0.5) is 10.1 Å². The fraction of sp³-hybridized carbons (Fsp3) is 0.529. The van der Waals surface area contributed by atoms with Crippen molar-refractivity contribution in [2.45, 2.75) is 13.0 Å². The van der Waals surface area contributed by atoms with Crippen molar-refractivity contribution in [1.29, 1.82) is 0 Å². The molecule has 0 unspecified atom stereocenters. The third kappa shape index (κ3) is 3.67. The molecule has 2 saturated heterocycles. The van der Waals surface area contributed by atoms with E-state index in [4.69, 9.17) is 4.74 Å². The molecule has 2 amide bonds. The van der Waals surface area contributed by atoms with Crippen LogP contribution in [0.5, 0.6) is 0 Å². The molecule has 0 aromatic heterocycles. The summed E-state index contributed by atoms with van der Waals surface area (Å²) in [6.07, 6.45) is -0.580. The van der Waals surface area contributed by atoms with Gasteiger partial charge in [-0.1, -0.05) is 6.07 Å². The predicted octanol–water partition coefficient (Wildman–Crippen LogP) is 0.722. The highest BCUT2D eigenvalue weighted by Gasteiger charge is 2.32. The summed E-state index contributed by atoms with van der Waals surface area (Å²) in [5.41, 5.74) is 0.832. The lowest BCUT2D eigenvalue weighted by Crippen LogP contribution is -2.56. The molecule has 0 bridgehead atoms. The largest absolute Gasteiger partial charge is 0.368 e. The Bertz CT molecular complexity index is 617. The van der Waals surface area contributed by atoms with E-state index in [1.807, 2.05) is 6.07 Å². The molecule has 0 saturated carbocycles. The van der Waals surface area contributed by atoms with Crippen LogP contribution in [0.25, 0.3) is 0 Å². The molecule has 2 aliphatic heterocycles. The third-order valence-corrected chi connectivity index (χ3v) is 4.55. The van der Waals surface area contributed by atoms with Crippen molar-refractivity contribution in [2.75, 3.05) is 50.8 Å². The summed E-state index contributed by atoms with van der Waals surface area (Å²) in [7, 11) is 0. The Labute approximate surface area is 140 Å². The smallest absolute Gasteiger partial charge is 0.253 e. The Morgan fingerprint density at radius 3 is 2.54 bits per heavy atom. The number of hydrogen-bond acceptors (Lipinski definition) is 4. The van der Waals surface area contributed by atoms with Gasteiger partial charge in [-0.3, -0.25) is 9.59 Å². The highest BCUT2D eigenvalue weighted by atomic mass is 19.1. The second-order valence-corrected chi connectivity index (χ2v) is 6.12. The van der Waals surface area contributed by atoms with Crippen LogP contribution in [0.1, 0.15) is 6.92 Å². The maximum atomic E-state index is 13.3. The first kappa shape index (κ1) is 16.7. The van der Waals surface area contributed by atoms with Gasteiger partial charge in [-0.15, -0.1) is 0 Å². The van der Waals surface area contributed by atoms with Crippen LogP contribution in [0.3, 0.4) is 0 Å². The van der Waals surface area contributed by atoms with E-state index in [9.17, 15) is 14.0 Å². The molecule has 0 aliphatic carbocycles. The fourth-order valence-corrected chi connectivity index (χ4v) is 3.15. The van der Waals surface area contributed by atoms with Gasteiger partial charge in [0.1, 0.15) is 5.82 Å². The minimum atomic E-state index is -0.580. The molecule has 6 nitrogen and oxygen atoms in total. The van der Waals surface area contributed by atoms with Gasteiger partial charge in [0.15, 0.2) is 6.10 Å². The van der Waals surface area contributed by atoms with Gasteiger partial charge in [-0.2, -0.15) is 0 Å². The summed E-state index contributed by atoms with van der Waals surface area (Å²) in [6, 6.07) is 6.49. The molecule has 0 radical (unpaired) electrons. The van der Waals surface area contributed by atoms with Gasteiger partial charge < -0.3 is 19.4 Å². The highest BCUT2D eigenvalue weighted by molar-refractivity contribution is 5.83. The molecule has 3 rings (SSSR count). The summed E-state index contributed by atoms with van der Waals surface area (Å²) in [4.78, 5) is 29.6. The molecule has 0 spiro atoms. The van der Waals surface area contributed by atoms with Gasteiger partial charge in [0.25, 0.3) is 5.91 Å². The van der Waals surface area contributed by atoms with Gasteiger partial charge in [0, 0.05) is 45.3 Å². The number of carbonyl (C=O) groups is 2. The van der Waals surface area contributed by atoms with Crippen LogP contribution in [-0.4, -0.2) is 73.6 Å². The van der Waals surface area contributed by atoms with Crippen LogP contribution < -0.4 is 4.90 Å².